The van der Waals surface area contributed by atoms with Crippen LogP contribution in [0.4, 0.5) is 5.95 Å². The molecule has 0 spiro atoms. The Morgan fingerprint density at radius 2 is 1.92 bits per heavy atom. The number of carbonyl (C=O) groups excluding carboxylic acids is 1. The molecule has 1 saturated heterocycles. The highest BCUT2D eigenvalue weighted by Crippen LogP contribution is 2.24. The average Bonchev–Trinajstić information content (AvgIpc) is 3.12. The lowest BCUT2D eigenvalue weighted by atomic mass is 10.1. The van der Waals surface area contributed by atoms with Crippen LogP contribution in [0.2, 0.25) is 0 Å². The lowest BCUT2D eigenvalue weighted by Crippen LogP contribution is -2.37. The van der Waals surface area contributed by atoms with Crippen LogP contribution in [0.1, 0.15) is 40.5 Å². The summed E-state index contributed by atoms with van der Waals surface area (Å²) in [6.45, 7) is 6.32. The number of fused-ring (bicyclic) bond motifs is 1. The van der Waals surface area contributed by atoms with E-state index < -0.39 is 0 Å². The second-order valence-electron chi connectivity index (χ2n) is 6.85. The maximum Gasteiger partial charge on any atom is 0.254 e. The predicted octanol–water partition coefficient (Wildman–Crippen LogP) is 2.42. The van der Waals surface area contributed by atoms with Crippen LogP contribution >= 0.6 is 0 Å². The van der Waals surface area contributed by atoms with Gasteiger partial charge in [0.2, 0.25) is 5.95 Å². The van der Waals surface area contributed by atoms with Gasteiger partial charge in [0.05, 0.1) is 25.5 Å². The topological polar surface area (TPSA) is 58.6 Å². The van der Waals surface area contributed by atoms with Crippen molar-refractivity contribution in [2.45, 2.75) is 32.9 Å². The molecular formula is C20H24N4O2. The Hall–Kier alpha value is -2.47. The first-order valence-electron chi connectivity index (χ1n) is 9.30. The summed E-state index contributed by atoms with van der Waals surface area (Å²) in [4.78, 5) is 26.0. The van der Waals surface area contributed by atoms with Crippen LogP contribution in [0.15, 0.2) is 30.5 Å². The molecule has 26 heavy (non-hydrogen) atoms. The first-order chi connectivity index (χ1) is 12.7. The number of hydrogen-bond acceptors (Lipinski definition) is 5. The molecule has 2 aliphatic heterocycles. The van der Waals surface area contributed by atoms with Crippen LogP contribution < -0.4 is 4.90 Å². The van der Waals surface area contributed by atoms with Crippen molar-refractivity contribution in [1.29, 1.82) is 0 Å². The first kappa shape index (κ1) is 17.0. The van der Waals surface area contributed by atoms with E-state index in [-0.39, 0.29) is 5.91 Å². The fourth-order valence-corrected chi connectivity index (χ4v) is 3.49. The van der Waals surface area contributed by atoms with E-state index in [0.717, 1.165) is 48.7 Å². The molecule has 1 amide bonds. The van der Waals surface area contributed by atoms with Crippen LogP contribution in [0, 0.1) is 0 Å². The van der Waals surface area contributed by atoms with Crippen molar-refractivity contribution >= 4 is 11.9 Å². The van der Waals surface area contributed by atoms with E-state index in [1.54, 1.807) is 0 Å². The molecule has 3 heterocycles. The lowest BCUT2D eigenvalue weighted by molar-refractivity contribution is 0.0750. The molecule has 6 nitrogen and oxygen atoms in total. The number of anilines is 1. The molecule has 0 N–H and O–H groups in total. The van der Waals surface area contributed by atoms with Crippen molar-refractivity contribution in [3.63, 3.8) is 0 Å². The molecular weight excluding hydrogens is 328 g/mol. The molecule has 6 heteroatoms. The van der Waals surface area contributed by atoms with Crippen LogP contribution in [-0.2, 0) is 24.2 Å². The summed E-state index contributed by atoms with van der Waals surface area (Å²) in [5.74, 6) is 0.796. The molecule has 1 fully saturated rings. The van der Waals surface area contributed by atoms with Crippen LogP contribution in [0.3, 0.4) is 0 Å². The fraction of sp³-hybridized carbons (Fsp3) is 0.450. The molecule has 0 aliphatic carbocycles. The zero-order valence-corrected chi connectivity index (χ0v) is 15.1. The Morgan fingerprint density at radius 1 is 1.15 bits per heavy atom. The van der Waals surface area contributed by atoms with Gasteiger partial charge in [0.1, 0.15) is 0 Å². The van der Waals surface area contributed by atoms with Gasteiger partial charge in [0.15, 0.2) is 0 Å². The average molecular weight is 352 g/mol. The number of benzene rings is 1. The van der Waals surface area contributed by atoms with E-state index in [1.165, 1.54) is 5.56 Å². The minimum absolute atomic E-state index is 0.0546. The molecule has 2 aromatic rings. The third-order valence-corrected chi connectivity index (χ3v) is 4.96. The van der Waals surface area contributed by atoms with Gasteiger partial charge in [0, 0.05) is 37.0 Å². The number of hydrogen-bond donors (Lipinski definition) is 0. The monoisotopic (exact) mass is 352 g/mol. The quantitative estimate of drug-likeness (QED) is 0.846. The Bertz CT molecular complexity index is 785. The van der Waals surface area contributed by atoms with E-state index >= 15 is 0 Å². The molecule has 136 valence electrons. The van der Waals surface area contributed by atoms with Gasteiger partial charge in [-0.05, 0) is 24.1 Å². The van der Waals surface area contributed by atoms with Gasteiger partial charge in [-0.3, -0.25) is 4.79 Å². The summed E-state index contributed by atoms with van der Waals surface area (Å²) in [5.41, 5.74) is 4.00. The van der Waals surface area contributed by atoms with Gasteiger partial charge in [0.25, 0.3) is 5.91 Å². The van der Waals surface area contributed by atoms with Crippen molar-refractivity contribution < 1.29 is 9.53 Å². The van der Waals surface area contributed by atoms with Crippen molar-refractivity contribution in [2.75, 3.05) is 31.2 Å². The van der Waals surface area contributed by atoms with Gasteiger partial charge >= 0.3 is 0 Å². The molecule has 0 unspecified atom stereocenters. The lowest BCUT2D eigenvalue weighted by Gasteiger charge is -2.26. The van der Waals surface area contributed by atoms with E-state index in [4.69, 9.17) is 9.72 Å². The molecule has 0 bridgehead atoms. The van der Waals surface area contributed by atoms with Crippen LogP contribution in [-0.4, -0.2) is 47.1 Å². The molecule has 2 aliphatic rings. The molecule has 1 aromatic carbocycles. The first-order valence-corrected chi connectivity index (χ1v) is 9.30. The number of aryl methyl sites for hydroxylation is 1. The van der Waals surface area contributed by atoms with Crippen molar-refractivity contribution in [2.24, 2.45) is 0 Å². The highest BCUT2D eigenvalue weighted by molar-refractivity contribution is 5.94. The van der Waals surface area contributed by atoms with E-state index in [9.17, 15) is 4.79 Å². The number of aromatic nitrogens is 2. The van der Waals surface area contributed by atoms with E-state index in [1.807, 2.05) is 23.2 Å². The zero-order valence-electron chi connectivity index (χ0n) is 15.1. The molecule has 0 atom stereocenters. The minimum Gasteiger partial charge on any atom is -0.378 e. The van der Waals surface area contributed by atoms with Gasteiger partial charge in [-0.2, -0.15) is 0 Å². The molecule has 0 saturated carbocycles. The zero-order chi connectivity index (χ0) is 17.9. The van der Waals surface area contributed by atoms with Crippen molar-refractivity contribution in [3.8, 4) is 0 Å². The van der Waals surface area contributed by atoms with Gasteiger partial charge in [-0.15, -0.1) is 0 Å². The Labute approximate surface area is 153 Å². The highest BCUT2D eigenvalue weighted by atomic mass is 16.5. The summed E-state index contributed by atoms with van der Waals surface area (Å²) in [6, 6.07) is 7.97. The largest absolute Gasteiger partial charge is 0.378 e. The van der Waals surface area contributed by atoms with E-state index in [0.29, 0.717) is 26.3 Å². The smallest absolute Gasteiger partial charge is 0.254 e. The maximum atomic E-state index is 12.8. The SMILES string of the molecule is CCCc1ccc(C(=O)N2Cc3cnc(N4CCOCC4)nc3C2)cc1. The van der Waals surface area contributed by atoms with Gasteiger partial charge < -0.3 is 14.5 Å². The highest BCUT2D eigenvalue weighted by Gasteiger charge is 2.27. The number of amides is 1. The van der Waals surface area contributed by atoms with Crippen molar-refractivity contribution in [1.82, 2.24) is 14.9 Å². The number of ether oxygens (including phenoxy) is 1. The summed E-state index contributed by atoms with van der Waals surface area (Å²) >= 11 is 0. The van der Waals surface area contributed by atoms with Gasteiger partial charge in [-0.1, -0.05) is 25.5 Å². The van der Waals surface area contributed by atoms with E-state index in [2.05, 4.69) is 28.9 Å². The third-order valence-electron chi connectivity index (χ3n) is 4.96. The maximum absolute atomic E-state index is 12.8. The molecule has 1 aromatic heterocycles. The summed E-state index contributed by atoms with van der Waals surface area (Å²) < 4.78 is 5.38. The Morgan fingerprint density at radius 3 is 2.65 bits per heavy atom. The van der Waals surface area contributed by atoms with Crippen LogP contribution in [0.25, 0.3) is 0 Å². The van der Waals surface area contributed by atoms with Gasteiger partial charge in [-0.25, -0.2) is 9.97 Å². The normalized spacial score (nSPS) is 16.7. The number of morpholine rings is 1. The Kier molecular flexibility index (Phi) is 4.84. The summed E-state index contributed by atoms with van der Waals surface area (Å²) in [6.07, 6.45) is 4.02. The molecule has 4 rings (SSSR count). The van der Waals surface area contributed by atoms with Crippen molar-refractivity contribution in [3.05, 3.63) is 52.8 Å². The number of nitrogens with zero attached hydrogens (tertiary/aromatic N) is 4. The summed E-state index contributed by atoms with van der Waals surface area (Å²) in [5, 5.41) is 0. The number of rotatable bonds is 4. The minimum atomic E-state index is 0.0546. The second kappa shape index (κ2) is 7.41. The number of carbonyl (C=O) groups is 1. The Balaban J connectivity index is 1.46. The predicted molar refractivity (Wildman–Crippen MR) is 99.1 cm³/mol. The molecule has 0 radical (unpaired) electrons. The fourth-order valence-electron chi connectivity index (χ4n) is 3.49. The standard InChI is InChI=1S/C20H24N4O2/c1-2-3-15-4-6-16(7-5-15)19(25)24-13-17-12-21-20(22-18(17)14-24)23-8-10-26-11-9-23/h4-7,12H,2-3,8-11,13-14H2,1H3. The summed E-state index contributed by atoms with van der Waals surface area (Å²) in [7, 11) is 0. The second-order valence-corrected chi connectivity index (χ2v) is 6.85. The van der Waals surface area contributed by atoms with Crippen LogP contribution in [0.5, 0.6) is 0 Å². The third kappa shape index (κ3) is 3.42.